The van der Waals surface area contributed by atoms with Crippen molar-refractivity contribution in [3.05, 3.63) is 102 Å². The molecule has 1 atom stereocenters. The van der Waals surface area contributed by atoms with Gasteiger partial charge in [0.2, 0.25) is 0 Å². The summed E-state index contributed by atoms with van der Waals surface area (Å²) < 4.78 is 10.8. The maximum atomic E-state index is 12.9. The number of nitrogens with zero attached hydrogens (tertiary/aromatic N) is 2. The number of carbonyl (C=O) groups excluding carboxylic acids is 1. The first-order chi connectivity index (χ1) is 14.3. The average molecular weight is 385 g/mol. The lowest BCUT2D eigenvalue weighted by Crippen LogP contribution is -2.29. The summed E-state index contributed by atoms with van der Waals surface area (Å²) in [5.74, 6) is 0.769. The summed E-state index contributed by atoms with van der Waals surface area (Å²) in [6.07, 6.45) is 3.44. The van der Waals surface area contributed by atoms with Crippen LogP contribution in [0.4, 0.5) is 0 Å². The molecule has 0 saturated heterocycles. The second kappa shape index (κ2) is 8.39. The molecule has 6 nitrogen and oxygen atoms in total. The molecule has 0 bridgehead atoms. The van der Waals surface area contributed by atoms with Gasteiger partial charge in [-0.1, -0.05) is 53.7 Å². The fourth-order valence-electron chi connectivity index (χ4n) is 3.11. The second-order valence-electron chi connectivity index (χ2n) is 6.38. The molecule has 2 aromatic carbocycles. The molecule has 1 amide bonds. The van der Waals surface area contributed by atoms with E-state index in [2.05, 4.69) is 15.5 Å². The topological polar surface area (TPSA) is 77.2 Å². The van der Waals surface area contributed by atoms with Crippen LogP contribution in [0.3, 0.4) is 0 Å². The maximum Gasteiger partial charge on any atom is 0.274 e. The van der Waals surface area contributed by atoms with Crippen LogP contribution in [0.15, 0.2) is 89.7 Å². The zero-order valence-corrected chi connectivity index (χ0v) is 15.8. The van der Waals surface area contributed by atoms with Gasteiger partial charge in [-0.2, -0.15) is 0 Å². The minimum atomic E-state index is -0.358. The molecule has 0 fully saturated rings. The van der Waals surface area contributed by atoms with E-state index in [1.54, 1.807) is 25.6 Å². The highest BCUT2D eigenvalue weighted by atomic mass is 16.5. The van der Waals surface area contributed by atoms with Crippen molar-refractivity contribution in [2.75, 3.05) is 7.11 Å². The third-order valence-electron chi connectivity index (χ3n) is 4.54. The van der Waals surface area contributed by atoms with Gasteiger partial charge in [0.15, 0.2) is 11.5 Å². The van der Waals surface area contributed by atoms with E-state index >= 15 is 0 Å². The van der Waals surface area contributed by atoms with E-state index in [0.29, 0.717) is 11.5 Å². The standard InChI is InChI=1S/C23H19N3O3/c1-28-20-12-6-5-11-18(20)21-14-19(26-29-21)23(27)25-22(16-8-3-2-4-9-16)17-10-7-13-24-15-17/h2-15,22H,1H3,(H,25,27)/t22-/m0/s1. The molecule has 29 heavy (non-hydrogen) atoms. The predicted octanol–water partition coefficient (Wildman–Crippen LogP) is 4.26. The molecule has 144 valence electrons. The lowest BCUT2D eigenvalue weighted by molar-refractivity contribution is 0.0934. The molecular weight excluding hydrogens is 366 g/mol. The van der Waals surface area contributed by atoms with Crippen molar-refractivity contribution in [2.24, 2.45) is 0 Å². The van der Waals surface area contributed by atoms with Crippen LogP contribution in [0.1, 0.15) is 27.7 Å². The van der Waals surface area contributed by atoms with Crippen LogP contribution in [-0.2, 0) is 0 Å². The molecule has 0 aliphatic heterocycles. The number of pyridine rings is 1. The fraction of sp³-hybridized carbons (Fsp3) is 0.0870. The van der Waals surface area contributed by atoms with E-state index in [1.165, 1.54) is 0 Å². The smallest absolute Gasteiger partial charge is 0.274 e. The van der Waals surface area contributed by atoms with Gasteiger partial charge in [-0.3, -0.25) is 9.78 Å². The Morgan fingerprint density at radius 3 is 2.52 bits per heavy atom. The minimum absolute atomic E-state index is 0.190. The van der Waals surface area contributed by atoms with E-state index in [9.17, 15) is 4.79 Å². The highest BCUT2D eigenvalue weighted by molar-refractivity contribution is 5.93. The van der Waals surface area contributed by atoms with Gasteiger partial charge in [-0.15, -0.1) is 0 Å². The van der Waals surface area contributed by atoms with Crippen LogP contribution in [-0.4, -0.2) is 23.2 Å². The van der Waals surface area contributed by atoms with Crippen LogP contribution in [0, 0.1) is 0 Å². The average Bonchev–Trinajstić information content (AvgIpc) is 3.29. The Kier molecular flexibility index (Phi) is 5.33. The van der Waals surface area contributed by atoms with Crippen molar-refractivity contribution < 1.29 is 14.1 Å². The van der Waals surface area contributed by atoms with Gasteiger partial charge >= 0.3 is 0 Å². The Labute approximate surface area is 168 Å². The lowest BCUT2D eigenvalue weighted by Gasteiger charge is -2.18. The number of ether oxygens (including phenoxy) is 1. The summed E-state index contributed by atoms with van der Waals surface area (Å²) >= 11 is 0. The molecular formula is C23H19N3O3. The summed E-state index contributed by atoms with van der Waals surface area (Å²) in [5.41, 5.74) is 2.74. The molecule has 0 radical (unpaired) electrons. The molecule has 0 unspecified atom stereocenters. The number of benzene rings is 2. The van der Waals surface area contributed by atoms with E-state index in [1.807, 2.05) is 66.7 Å². The number of methoxy groups -OCH3 is 1. The van der Waals surface area contributed by atoms with Gasteiger partial charge in [0.1, 0.15) is 5.75 Å². The number of carbonyl (C=O) groups is 1. The molecule has 4 aromatic rings. The zero-order chi connectivity index (χ0) is 20.1. The first-order valence-electron chi connectivity index (χ1n) is 9.12. The molecule has 2 heterocycles. The molecule has 0 saturated carbocycles. The number of para-hydroxylation sites is 1. The van der Waals surface area contributed by atoms with Crippen molar-refractivity contribution in [3.63, 3.8) is 0 Å². The monoisotopic (exact) mass is 385 g/mol. The van der Waals surface area contributed by atoms with Gasteiger partial charge in [0, 0.05) is 18.5 Å². The van der Waals surface area contributed by atoms with Crippen LogP contribution < -0.4 is 10.1 Å². The van der Waals surface area contributed by atoms with Crippen LogP contribution in [0.25, 0.3) is 11.3 Å². The number of amides is 1. The summed E-state index contributed by atoms with van der Waals surface area (Å²) in [6.45, 7) is 0. The second-order valence-corrected chi connectivity index (χ2v) is 6.38. The Balaban J connectivity index is 1.61. The normalized spacial score (nSPS) is 11.6. The quantitative estimate of drug-likeness (QED) is 0.536. The third kappa shape index (κ3) is 4.01. The molecule has 2 aromatic heterocycles. The molecule has 0 aliphatic carbocycles. The molecule has 6 heteroatoms. The number of rotatable bonds is 6. The van der Waals surface area contributed by atoms with Crippen molar-refractivity contribution in [2.45, 2.75) is 6.04 Å². The Bertz CT molecular complexity index is 1060. The van der Waals surface area contributed by atoms with E-state index < -0.39 is 0 Å². The summed E-state index contributed by atoms with van der Waals surface area (Å²) in [5, 5.41) is 6.98. The Hall–Kier alpha value is -3.93. The van der Waals surface area contributed by atoms with Gasteiger partial charge in [-0.05, 0) is 29.3 Å². The van der Waals surface area contributed by atoms with Crippen molar-refractivity contribution in [1.29, 1.82) is 0 Å². The first-order valence-corrected chi connectivity index (χ1v) is 9.12. The predicted molar refractivity (Wildman–Crippen MR) is 108 cm³/mol. The first kappa shape index (κ1) is 18.4. The summed E-state index contributed by atoms with van der Waals surface area (Å²) in [7, 11) is 1.58. The zero-order valence-electron chi connectivity index (χ0n) is 15.8. The number of hydrogen-bond donors (Lipinski definition) is 1. The van der Waals surface area contributed by atoms with E-state index in [4.69, 9.17) is 9.26 Å². The van der Waals surface area contributed by atoms with Crippen molar-refractivity contribution in [3.8, 4) is 17.1 Å². The molecule has 4 rings (SSSR count). The fourth-order valence-corrected chi connectivity index (χ4v) is 3.11. The molecule has 1 N–H and O–H groups in total. The van der Waals surface area contributed by atoms with Gasteiger partial charge < -0.3 is 14.6 Å². The third-order valence-corrected chi connectivity index (χ3v) is 4.54. The summed E-state index contributed by atoms with van der Waals surface area (Å²) in [6, 6.07) is 22.1. The van der Waals surface area contributed by atoms with Gasteiger partial charge in [0.25, 0.3) is 5.91 Å². The molecule has 0 spiro atoms. The number of nitrogens with one attached hydrogen (secondary N) is 1. The van der Waals surface area contributed by atoms with Crippen LogP contribution in [0.2, 0.25) is 0 Å². The van der Waals surface area contributed by atoms with Crippen LogP contribution >= 0.6 is 0 Å². The number of hydrogen-bond acceptors (Lipinski definition) is 5. The highest BCUT2D eigenvalue weighted by Crippen LogP contribution is 2.30. The van der Waals surface area contributed by atoms with Gasteiger partial charge in [-0.25, -0.2) is 0 Å². The Morgan fingerprint density at radius 1 is 1.00 bits per heavy atom. The van der Waals surface area contributed by atoms with E-state index in [-0.39, 0.29) is 17.6 Å². The van der Waals surface area contributed by atoms with Crippen LogP contribution in [0.5, 0.6) is 5.75 Å². The van der Waals surface area contributed by atoms with Crippen molar-refractivity contribution >= 4 is 5.91 Å². The van der Waals surface area contributed by atoms with Crippen molar-refractivity contribution in [1.82, 2.24) is 15.5 Å². The SMILES string of the molecule is COc1ccccc1-c1cc(C(=O)N[C@@H](c2ccccc2)c2cccnc2)no1. The van der Waals surface area contributed by atoms with Gasteiger partial charge in [0.05, 0.1) is 18.7 Å². The highest BCUT2D eigenvalue weighted by Gasteiger charge is 2.21. The summed E-state index contributed by atoms with van der Waals surface area (Å²) in [4.78, 5) is 17.1. The minimum Gasteiger partial charge on any atom is -0.496 e. The number of aromatic nitrogens is 2. The lowest BCUT2D eigenvalue weighted by atomic mass is 10.00. The van der Waals surface area contributed by atoms with E-state index in [0.717, 1.165) is 16.7 Å². The Morgan fingerprint density at radius 2 is 1.76 bits per heavy atom. The largest absolute Gasteiger partial charge is 0.496 e. The molecule has 0 aliphatic rings. The maximum absolute atomic E-state index is 12.9.